The van der Waals surface area contributed by atoms with E-state index >= 15 is 0 Å². The van der Waals surface area contributed by atoms with Crippen LogP contribution in [-0.4, -0.2) is 56.8 Å². The number of carbonyl (C=O) groups excluding carboxylic acids is 3. The molecule has 2 aliphatic heterocycles. The van der Waals surface area contributed by atoms with Crippen molar-refractivity contribution < 1.29 is 48.7 Å². The molecular weight excluding hydrogens is 572 g/mol. The summed E-state index contributed by atoms with van der Waals surface area (Å²) in [7, 11) is 0. The first-order valence-electron chi connectivity index (χ1n) is 13.9. The predicted octanol–water partition coefficient (Wildman–Crippen LogP) is 4.32. The second-order valence-electron chi connectivity index (χ2n) is 11.7. The number of esters is 1. The van der Waals surface area contributed by atoms with E-state index in [0.717, 1.165) is 0 Å². The summed E-state index contributed by atoms with van der Waals surface area (Å²) in [5.74, 6) is -2.37. The van der Waals surface area contributed by atoms with Gasteiger partial charge in [0.1, 0.15) is 34.6 Å². The fraction of sp³-hybridized carbons (Fsp3) is 0.312. The number of phenolic OH excluding ortho intramolecular Hbond substituents is 2. The maximum atomic E-state index is 13.6. The third-order valence-electron chi connectivity index (χ3n) is 7.40. The van der Waals surface area contributed by atoms with Gasteiger partial charge in [0.15, 0.2) is 11.4 Å². The standard InChI is InChI=1S/C32H32N2O10/c1-31(2,3)44-30(41)34-23(28(38)39)9-5-8-22(33)27(37)18-6-4-7-21-26(18)29(40)43-32(21)19-12-10-16(35)14-24(19)42-25-15-17(36)11-13-20(25)32/h4,6-7,10-15,22-23,35-36H,5,8-9,33H2,1-3H3,(H,34,41)(H,38,39)/t22?,23-/m1/s1. The molecule has 3 aromatic carbocycles. The van der Waals surface area contributed by atoms with E-state index in [4.69, 9.17) is 19.9 Å². The Bertz CT molecular complexity index is 1620. The molecule has 44 heavy (non-hydrogen) atoms. The van der Waals surface area contributed by atoms with Crippen LogP contribution in [0.5, 0.6) is 23.0 Å². The van der Waals surface area contributed by atoms with Crippen molar-refractivity contribution in [2.45, 2.75) is 63.3 Å². The molecule has 0 saturated heterocycles. The summed E-state index contributed by atoms with van der Waals surface area (Å²) < 4.78 is 17.2. The van der Waals surface area contributed by atoms with Gasteiger partial charge in [-0.1, -0.05) is 18.2 Å². The summed E-state index contributed by atoms with van der Waals surface area (Å²) in [6, 6.07) is 11.1. The quantitative estimate of drug-likeness (QED) is 0.181. The second kappa shape index (κ2) is 11.2. The highest BCUT2D eigenvalue weighted by Gasteiger charge is 2.54. The molecule has 0 saturated carbocycles. The summed E-state index contributed by atoms with van der Waals surface area (Å²) in [5, 5.41) is 32.1. The molecule has 12 nitrogen and oxygen atoms in total. The number of ether oxygens (including phenoxy) is 3. The third kappa shape index (κ3) is 5.51. The molecule has 2 atom stereocenters. The lowest BCUT2D eigenvalue weighted by molar-refractivity contribution is -0.139. The van der Waals surface area contributed by atoms with Gasteiger partial charge in [0.25, 0.3) is 0 Å². The molecule has 2 aliphatic rings. The number of nitrogens with one attached hydrogen (secondary N) is 1. The van der Waals surface area contributed by atoms with Gasteiger partial charge in [-0.25, -0.2) is 14.4 Å². The number of Topliss-reactive ketones (excluding diaryl/α,β-unsaturated/α-hetero) is 1. The van der Waals surface area contributed by atoms with Gasteiger partial charge in [-0.05, 0) is 64.3 Å². The molecule has 12 heteroatoms. The molecule has 0 bridgehead atoms. The SMILES string of the molecule is CC(C)(C)OC(=O)N[C@H](CCCC(N)C(=O)c1cccc2c1C(=O)OC21c2ccc(O)cc2Oc2cc(O)ccc21)C(=O)O. The third-order valence-corrected chi connectivity index (χ3v) is 7.40. The Labute approximate surface area is 252 Å². The molecule has 0 fully saturated rings. The van der Waals surface area contributed by atoms with Crippen molar-refractivity contribution >= 4 is 23.8 Å². The first-order valence-corrected chi connectivity index (χ1v) is 13.9. The number of aliphatic carboxylic acids is 1. The van der Waals surface area contributed by atoms with Crippen molar-refractivity contribution in [2.24, 2.45) is 5.73 Å². The minimum absolute atomic E-state index is 0.0130. The Hall–Kier alpha value is -5.10. The number of phenols is 2. The highest BCUT2D eigenvalue weighted by Crippen LogP contribution is 2.57. The lowest BCUT2D eigenvalue weighted by Gasteiger charge is -2.36. The van der Waals surface area contributed by atoms with Crippen LogP contribution in [0.15, 0.2) is 54.6 Å². The monoisotopic (exact) mass is 604 g/mol. The van der Waals surface area contributed by atoms with E-state index < -0.39 is 47.1 Å². The van der Waals surface area contributed by atoms with Gasteiger partial charge in [0.05, 0.1) is 11.6 Å². The van der Waals surface area contributed by atoms with Gasteiger partial charge in [0, 0.05) is 34.4 Å². The maximum absolute atomic E-state index is 13.6. The highest BCUT2D eigenvalue weighted by atomic mass is 16.6. The van der Waals surface area contributed by atoms with Crippen LogP contribution < -0.4 is 15.8 Å². The number of hydrogen-bond acceptors (Lipinski definition) is 10. The highest BCUT2D eigenvalue weighted by molar-refractivity contribution is 6.11. The number of carbonyl (C=O) groups is 4. The van der Waals surface area contributed by atoms with Crippen LogP contribution in [0, 0.1) is 0 Å². The topological polar surface area (TPSA) is 195 Å². The number of aromatic hydroxyl groups is 2. The lowest BCUT2D eigenvalue weighted by atomic mass is 9.76. The summed E-state index contributed by atoms with van der Waals surface area (Å²) >= 11 is 0. The number of ketones is 1. The van der Waals surface area contributed by atoms with Crippen molar-refractivity contribution in [1.82, 2.24) is 5.32 Å². The van der Waals surface area contributed by atoms with Crippen LogP contribution >= 0.6 is 0 Å². The van der Waals surface area contributed by atoms with Crippen molar-refractivity contribution in [3.8, 4) is 23.0 Å². The molecule has 2 heterocycles. The van der Waals surface area contributed by atoms with E-state index in [1.165, 1.54) is 30.3 Å². The fourth-order valence-corrected chi connectivity index (χ4v) is 5.53. The van der Waals surface area contributed by atoms with Crippen LogP contribution in [0.25, 0.3) is 0 Å². The number of fused-ring (bicyclic) bond motifs is 6. The second-order valence-corrected chi connectivity index (χ2v) is 11.7. The van der Waals surface area contributed by atoms with Gasteiger partial charge in [0.2, 0.25) is 0 Å². The number of carboxylic acids is 1. The van der Waals surface area contributed by atoms with E-state index in [9.17, 15) is 34.5 Å². The van der Waals surface area contributed by atoms with Gasteiger partial charge >= 0.3 is 18.0 Å². The Morgan fingerprint density at radius 3 is 2.14 bits per heavy atom. The largest absolute Gasteiger partial charge is 0.508 e. The first kappa shape index (κ1) is 30.4. The van der Waals surface area contributed by atoms with E-state index in [2.05, 4.69) is 5.32 Å². The predicted molar refractivity (Wildman–Crippen MR) is 155 cm³/mol. The minimum atomic E-state index is -1.54. The Balaban J connectivity index is 1.42. The number of amides is 1. The summed E-state index contributed by atoms with van der Waals surface area (Å²) in [6.07, 6.45) is -0.644. The summed E-state index contributed by atoms with van der Waals surface area (Å²) in [6.45, 7) is 4.96. The first-order chi connectivity index (χ1) is 20.7. The summed E-state index contributed by atoms with van der Waals surface area (Å²) in [5.41, 5.74) is 5.13. The number of carboxylic acid groups (broad SMARTS) is 1. The Morgan fingerprint density at radius 1 is 0.955 bits per heavy atom. The Kier molecular flexibility index (Phi) is 7.72. The van der Waals surface area contributed by atoms with Crippen molar-refractivity contribution in [3.05, 3.63) is 82.4 Å². The molecular formula is C32H32N2O10. The molecule has 1 unspecified atom stereocenters. The normalized spacial score (nSPS) is 15.6. The van der Waals surface area contributed by atoms with Crippen LogP contribution in [0.4, 0.5) is 4.79 Å². The van der Waals surface area contributed by atoms with Crippen molar-refractivity contribution in [2.75, 3.05) is 0 Å². The van der Waals surface area contributed by atoms with Crippen molar-refractivity contribution in [1.29, 1.82) is 0 Å². The fourth-order valence-electron chi connectivity index (χ4n) is 5.53. The average molecular weight is 605 g/mol. The molecule has 1 amide bonds. The molecule has 1 spiro atoms. The summed E-state index contributed by atoms with van der Waals surface area (Å²) in [4.78, 5) is 50.9. The van der Waals surface area contributed by atoms with E-state index in [-0.39, 0.29) is 53.4 Å². The smallest absolute Gasteiger partial charge is 0.408 e. The van der Waals surface area contributed by atoms with E-state index in [0.29, 0.717) is 16.7 Å². The molecule has 6 N–H and O–H groups in total. The van der Waals surface area contributed by atoms with E-state index in [1.807, 2.05) is 0 Å². The maximum Gasteiger partial charge on any atom is 0.408 e. The molecule has 0 aliphatic carbocycles. The van der Waals surface area contributed by atoms with Gasteiger partial charge in [-0.2, -0.15) is 0 Å². The minimum Gasteiger partial charge on any atom is -0.508 e. The van der Waals surface area contributed by atoms with Crippen LogP contribution in [0.1, 0.15) is 77.4 Å². The number of benzene rings is 3. The molecule has 0 radical (unpaired) electrons. The van der Waals surface area contributed by atoms with Crippen molar-refractivity contribution in [3.63, 3.8) is 0 Å². The molecule has 5 rings (SSSR count). The van der Waals surface area contributed by atoms with Crippen LogP contribution in [0.2, 0.25) is 0 Å². The molecule has 0 aromatic heterocycles. The van der Waals surface area contributed by atoms with Crippen LogP contribution in [0.3, 0.4) is 0 Å². The number of rotatable bonds is 8. The average Bonchev–Trinajstić information content (AvgIpc) is 3.23. The molecule has 3 aromatic rings. The lowest BCUT2D eigenvalue weighted by Crippen LogP contribution is -2.43. The van der Waals surface area contributed by atoms with Gasteiger partial charge in [-0.3, -0.25) is 4.79 Å². The zero-order valence-corrected chi connectivity index (χ0v) is 24.2. The number of nitrogens with two attached hydrogens (primary N) is 1. The number of alkyl carbamates (subject to hydrolysis) is 1. The van der Waals surface area contributed by atoms with E-state index in [1.54, 1.807) is 45.0 Å². The van der Waals surface area contributed by atoms with Gasteiger partial charge < -0.3 is 40.6 Å². The number of hydrogen-bond donors (Lipinski definition) is 5. The van der Waals surface area contributed by atoms with Gasteiger partial charge in [-0.15, -0.1) is 0 Å². The molecule has 230 valence electrons. The zero-order chi connectivity index (χ0) is 32.0. The Morgan fingerprint density at radius 2 is 1.57 bits per heavy atom. The zero-order valence-electron chi connectivity index (χ0n) is 24.2. The van der Waals surface area contributed by atoms with Crippen LogP contribution in [-0.2, 0) is 19.9 Å².